The van der Waals surface area contributed by atoms with Gasteiger partial charge in [0.25, 0.3) is 11.5 Å². The summed E-state index contributed by atoms with van der Waals surface area (Å²) >= 11 is 1.30. The molecule has 0 bridgehead atoms. The lowest BCUT2D eigenvalue weighted by Crippen LogP contribution is -2.45. The Morgan fingerprint density at radius 2 is 1.97 bits per heavy atom. The number of pyridine rings is 2. The van der Waals surface area contributed by atoms with Gasteiger partial charge < -0.3 is 24.6 Å². The minimum absolute atomic E-state index is 0.0462. The molecule has 3 aromatic heterocycles. The number of nitrogens with one attached hydrogen (secondary N) is 1. The lowest BCUT2D eigenvalue weighted by molar-refractivity contribution is 0.0904. The van der Waals surface area contributed by atoms with Crippen LogP contribution in [-0.4, -0.2) is 64.9 Å². The number of piperidine rings is 1. The van der Waals surface area contributed by atoms with Crippen LogP contribution < -0.4 is 15.6 Å². The van der Waals surface area contributed by atoms with Crippen LogP contribution in [0.1, 0.15) is 28.2 Å². The van der Waals surface area contributed by atoms with E-state index in [4.69, 9.17) is 9.84 Å². The van der Waals surface area contributed by atoms with Crippen LogP contribution in [0.5, 0.6) is 5.75 Å². The molecule has 1 amide bonds. The fourth-order valence-electron chi connectivity index (χ4n) is 4.79. The summed E-state index contributed by atoms with van der Waals surface area (Å²) in [6.45, 7) is 2.78. The van der Waals surface area contributed by atoms with Gasteiger partial charge in [-0.3, -0.25) is 14.6 Å². The van der Waals surface area contributed by atoms with Gasteiger partial charge in [-0.15, -0.1) is 11.3 Å². The van der Waals surface area contributed by atoms with Crippen molar-refractivity contribution in [3.63, 3.8) is 0 Å². The third-order valence-corrected chi connectivity index (χ3v) is 7.76. The van der Waals surface area contributed by atoms with Gasteiger partial charge in [-0.1, -0.05) is 24.3 Å². The maximum absolute atomic E-state index is 13.8. The van der Waals surface area contributed by atoms with Gasteiger partial charge in [-0.05, 0) is 31.0 Å². The van der Waals surface area contributed by atoms with E-state index in [1.54, 1.807) is 10.8 Å². The monoisotopic (exact) mass is 492 g/mol. The van der Waals surface area contributed by atoms with Crippen molar-refractivity contribution < 1.29 is 14.6 Å². The van der Waals surface area contributed by atoms with Crippen LogP contribution in [0.2, 0.25) is 0 Å². The van der Waals surface area contributed by atoms with E-state index in [0.717, 1.165) is 47.2 Å². The zero-order valence-electron chi connectivity index (χ0n) is 19.6. The summed E-state index contributed by atoms with van der Waals surface area (Å²) in [5, 5.41) is 13.6. The molecule has 0 radical (unpaired) electrons. The lowest BCUT2D eigenvalue weighted by Gasteiger charge is -2.31. The third kappa shape index (κ3) is 4.54. The number of β-amino-alcohol motifs (C(OH)–C–C–N with tert-alkyl or cyclic N) is 1. The number of carbonyl (C=O) groups excluding carboxylic acids is 1. The van der Waals surface area contributed by atoms with E-state index in [2.05, 4.69) is 15.2 Å². The second kappa shape index (κ2) is 10.2. The molecular weight excluding hydrogens is 464 g/mol. The summed E-state index contributed by atoms with van der Waals surface area (Å²) in [5.74, 6) is 0.106. The van der Waals surface area contributed by atoms with Gasteiger partial charge in [0.1, 0.15) is 10.3 Å². The Morgan fingerprint density at radius 1 is 1.20 bits per heavy atom. The van der Waals surface area contributed by atoms with E-state index in [1.165, 1.54) is 18.4 Å². The SMILES string of the molecule is COc1c(C(=O)NC2CCN(CCO)CC2)sc2c1c(=O)n(Cc1ccccn1)c1ccccc21. The van der Waals surface area contributed by atoms with E-state index in [0.29, 0.717) is 29.1 Å². The van der Waals surface area contributed by atoms with E-state index in [-0.39, 0.29) is 24.1 Å². The number of aliphatic hydroxyl groups is 1. The van der Waals surface area contributed by atoms with Crippen molar-refractivity contribution in [2.24, 2.45) is 0 Å². The number of rotatable bonds is 7. The van der Waals surface area contributed by atoms with E-state index >= 15 is 0 Å². The highest BCUT2D eigenvalue weighted by atomic mass is 32.1. The van der Waals surface area contributed by atoms with E-state index < -0.39 is 0 Å². The maximum Gasteiger partial charge on any atom is 0.265 e. The average molecular weight is 493 g/mol. The highest BCUT2D eigenvalue weighted by Gasteiger charge is 2.27. The number of thiophene rings is 1. The number of likely N-dealkylation sites (tertiary alicyclic amines) is 1. The summed E-state index contributed by atoms with van der Waals surface area (Å²) in [7, 11) is 1.50. The van der Waals surface area contributed by atoms with Crippen LogP contribution in [0.4, 0.5) is 0 Å². The molecule has 1 aliphatic heterocycles. The van der Waals surface area contributed by atoms with Gasteiger partial charge in [0.2, 0.25) is 0 Å². The quantitative estimate of drug-likeness (QED) is 0.412. The number of nitrogens with zero attached hydrogens (tertiary/aromatic N) is 3. The summed E-state index contributed by atoms with van der Waals surface area (Å²) in [6.07, 6.45) is 3.35. The van der Waals surface area contributed by atoms with Crippen molar-refractivity contribution >= 4 is 38.2 Å². The number of ether oxygens (including phenoxy) is 1. The first-order valence-electron chi connectivity index (χ1n) is 11.8. The molecule has 9 heteroatoms. The fraction of sp³-hybridized carbons (Fsp3) is 0.346. The number of benzene rings is 1. The minimum Gasteiger partial charge on any atom is -0.494 e. The number of aliphatic hydroxyl groups excluding tert-OH is 1. The van der Waals surface area contributed by atoms with Crippen molar-refractivity contribution in [2.45, 2.75) is 25.4 Å². The Balaban J connectivity index is 1.54. The summed E-state index contributed by atoms with van der Waals surface area (Å²) in [4.78, 5) is 34.1. The minimum atomic E-state index is -0.219. The van der Waals surface area contributed by atoms with E-state index in [9.17, 15) is 9.59 Å². The van der Waals surface area contributed by atoms with E-state index in [1.807, 2.05) is 42.5 Å². The molecule has 0 aliphatic carbocycles. The van der Waals surface area contributed by atoms with Crippen LogP contribution in [0.3, 0.4) is 0 Å². The Bertz CT molecular complexity index is 1410. The number of hydrogen-bond donors (Lipinski definition) is 2. The zero-order valence-corrected chi connectivity index (χ0v) is 20.4. The molecule has 4 aromatic rings. The summed E-state index contributed by atoms with van der Waals surface area (Å²) < 4.78 is 8.13. The lowest BCUT2D eigenvalue weighted by atomic mass is 10.0. The van der Waals surface area contributed by atoms with Crippen molar-refractivity contribution in [3.8, 4) is 5.75 Å². The topological polar surface area (TPSA) is 96.7 Å². The Kier molecular flexibility index (Phi) is 6.81. The molecule has 0 unspecified atom stereocenters. The van der Waals surface area contributed by atoms with Gasteiger partial charge in [-0.2, -0.15) is 0 Å². The first-order valence-corrected chi connectivity index (χ1v) is 12.6. The molecule has 2 N–H and O–H groups in total. The number of hydrogen-bond acceptors (Lipinski definition) is 7. The van der Waals surface area contributed by atoms with Crippen molar-refractivity contribution in [1.29, 1.82) is 0 Å². The largest absolute Gasteiger partial charge is 0.494 e. The highest BCUT2D eigenvalue weighted by Crippen LogP contribution is 2.39. The van der Waals surface area contributed by atoms with Crippen molar-refractivity contribution in [1.82, 2.24) is 19.8 Å². The van der Waals surface area contributed by atoms with Gasteiger partial charge in [0, 0.05) is 37.3 Å². The standard InChI is InChI=1S/C26H28N4O4S/c1-34-22-21-23(35-24(22)25(32)28-17-9-12-29(13-10-17)14-15-31)19-7-2-3-8-20(19)30(26(21)33)16-18-6-4-5-11-27-18/h2-8,11,17,31H,9-10,12-16H2,1H3,(H,28,32). The summed E-state index contributed by atoms with van der Waals surface area (Å²) in [5.41, 5.74) is 1.37. The van der Waals surface area contributed by atoms with Crippen LogP contribution in [-0.2, 0) is 6.54 Å². The van der Waals surface area contributed by atoms with Gasteiger partial charge >= 0.3 is 0 Å². The second-order valence-corrected chi connectivity index (χ2v) is 9.73. The van der Waals surface area contributed by atoms with Gasteiger partial charge in [-0.25, -0.2) is 0 Å². The number of carbonyl (C=O) groups is 1. The third-order valence-electron chi connectivity index (χ3n) is 6.56. The number of aromatic nitrogens is 2. The molecule has 4 heterocycles. The van der Waals surface area contributed by atoms with Crippen LogP contribution in [0.25, 0.3) is 21.0 Å². The average Bonchev–Trinajstić information content (AvgIpc) is 3.29. The molecule has 8 nitrogen and oxygen atoms in total. The fourth-order valence-corrected chi connectivity index (χ4v) is 5.99. The molecular formula is C26H28N4O4S. The Labute approximate surface area is 206 Å². The van der Waals surface area contributed by atoms with Crippen LogP contribution >= 0.6 is 11.3 Å². The molecule has 1 saturated heterocycles. The normalized spacial score (nSPS) is 15.0. The molecule has 1 aliphatic rings. The van der Waals surface area contributed by atoms with Crippen molar-refractivity contribution in [3.05, 3.63) is 69.6 Å². The molecule has 182 valence electrons. The molecule has 0 spiro atoms. The highest BCUT2D eigenvalue weighted by molar-refractivity contribution is 7.22. The molecule has 0 atom stereocenters. The predicted octanol–water partition coefficient (Wildman–Crippen LogP) is 2.85. The molecule has 0 saturated carbocycles. The molecule has 1 aromatic carbocycles. The van der Waals surface area contributed by atoms with Crippen LogP contribution in [0, 0.1) is 0 Å². The zero-order chi connectivity index (χ0) is 24.4. The van der Waals surface area contributed by atoms with Crippen molar-refractivity contribution in [2.75, 3.05) is 33.4 Å². The number of fused-ring (bicyclic) bond motifs is 3. The smallest absolute Gasteiger partial charge is 0.265 e. The molecule has 35 heavy (non-hydrogen) atoms. The summed E-state index contributed by atoms with van der Waals surface area (Å²) in [6, 6.07) is 13.4. The first kappa shape index (κ1) is 23.5. The Morgan fingerprint density at radius 3 is 2.69 bits per heavy atom. The number of para-hydroxylation sites is 1. The van der Waals surface area contributed by atoms with Crippen LogP contribution in [0.15, 0.2) is 53.5 Å². The Hall–Kier alpha value is -3.27. The van der Waals surface area contributed by atoms with Gasteiger partial charge in [0.15, 0.2) is 5.75 Å². The molecule has 1 fully saturated rings. The van der Waals surface area contributed by atoms with Gasteiger partial charge in [0.05, 0.1) is 36.2 Å². The second-order valence-electron chi connectivity index (χ2n) is 8.71. The number of amides is 1. The molecule has 5 rings (SSSR count). The first-order chi connectivity index (χ1) is 17.1. The number of methoxy groups -OCH3 is 1. The predicted molar refractivity (Wildman–Crippen MR) is 137 cm³/mol. The maximum atomic E-state index is 13.8.